The maximum atomic E-state index is 13.3. The first kappa shape index (κ1) is 71.2. The lowest BCUT2D eigenvalue weighted by molar-refractivity contribution is -0.159. The molecular weight excluding hydrogens is 1210 g/mol. The summed E-state index contributed by atoms with van der Waals surface area (Å²) in [6.45, 7) is 16.3. The van der Waals surface area contributed by atoms with Gasteiger partial charge in [0.25, 0.3) is 23.6 Å². The van der Waals surface area contributed by atoms with Gasteiger partial charge in [-0.05, 0) is 36.4 Å². The summed E-state index contributed by atoms with van der Waals surface area (Å²) in [6.07, 6.45) is 13.9. The Hall–Kier alpha value is -8.28. The lowest BCUT2D eigenvalue weighted by Crippen LogP contribution is -2.45. The first-order chi connectivity index (χ1) is 43.9. The Morgan fingerprint density at radius 2 is 0.728 bits per heavy atom. The summed E-state index contributed by atoms with van der Waals surface area (Å²) >= 11 is 0. The van der Waals surface area contributed by atoms with Crippen molar-refractivity contribution in [3.05, 3.63) is 96.9 Å². The van der Waals surface area contributed by atoms with Gasteiger partial charge in [0.1, 0.15) is 49.2 Å². The van der Waals surface area contributed by atoms with E-state index in [4.69, 9.17) is 56.2 Å². The van der Waals surface area contributed by atoms with E-state index < -0.39 is 59.0 Å². The van der Waals surface area contributed by atoms with Crippen molar-refractivity contribution in [3.63, 3.8) is 0 Å². The minimum atomic E-state index is -1.14. The number of amides is 8. The molecule has 10 heterocycles. The van der Waals surface area contributed by atoms with Crippen LogP contribution < -0.4 is 0 Å². The van der Waals surface area contributed by atoms with Crippen molar-refractivity contribution >= 4 is 71.1 Å². The molecule has 10 rings (SSSR count). The molecule has 0 aromatic carbocycles. The zero-order chi connectivity index (χ0) is 66.9. The van der Waals surface area contributed by atoms with Crippen molar-refractivity contribution in [2.45, 2.75) is 92.0 Å². The van der Waals surface area contributed by atoms with E-state index in [9.17, 15) is 57.5 Å². The molecule has 8 aliphatic rings. The molecule has 0 aliphatic carbocycles. The maximum Gasteiger partial charge on any atom is 0.308 e. The van der Waals surface area contributed by atoms with Gasteiger partial charge < -0.3 is 56.2 Å². The Balaban J connectivity index is 0.000000213. The van der Waals surface area contributed by atoms with Crippen molar-refractivity contribution < 1.29 is 114 Å². The van der Waals surface area contributed by atoms with E-state index in [-0.39, 0.29) is 175 Å². The molecule has 2 aromatic rings. The number of rotatable bonds is 30. The first-order valence-electron chi connectivity index (χ1n) is 30.4. The van der Waals surface area contributed by atoms with Crippen LogP contribution in [0, 0.1) is 47.3 Å². The molecule has 500 valence electrons. The summed E-state index contributed by atoms with van der Waals surface area (Å²) in [7, 11) is 0. The fraction of sp³-hybridized carbons (Fsp3) is 0.562. The number of carbonyl (C=O) groups is 12. The number of esters is 4. The highest BCUT2D eigenvalue weighted by Gasteiger charge is 2.69. The number of carbonyl (C=O) groups excluding carboxylic acids is 12. The fourth-order valence-corrected chi connectivity index (χ4v) is 10.6. The zero-order valence-corrected chi connectivity index (χ0v) is 52.8. The van der Waals surface area contributed by atoms with Gasteiger partial charge in [-0.2, -0.15) is 0 Å². The second-order valence-electron chi connectivity index (χ2n) is 23.4. The lowest BCUT2D eigenvalue weighted by atomic mass is 9.77. The average molecular weight is 1290 g/mol. The van der Waals surface area contributed by atoms with Crippen LogP contribution in [0.15, 0.2) is 94.2 Å². The molecule has 8 amide bonds. The number of hydrogen-bond donors (Lipinski definition) is 0. The highest BCUT2D eigenvalue weighted by atomic mass is 16.6. The van der Waals surface area contributed by atoms with Crippen LogP contribution in [0.1, 0.15) is 66.9 Å². The second-order valence-corrected chi connectivity index (χ2v) is 23.4. The normalized spacial score (nSPS) is 24.3. The molecule has 0 saturated carbocycles. The Bertz CT molecular complexity index is 2870. The monoisotopic (exact) mass is 1290 g/mol. The number of ether oxygens (including phenoxy) is 10. The number of imide groups is 4. The average Bonchev–Trinajstić information content (AvgIpc) is 1.56. The Labute approximate surface area is 531 Å². The minimum absolute atomic E-state index is 0.0598. The van der Waals surface area contributed by atoms with E-state index in [0.717, 1.165) is 9.80 Å². The Morgan fingerprint density at radius 3 is 1.02 bits per heavy atom. The van der Waals surface area contributed by atoms with Crippen LogP contribution in [0.5, 0.6) is 0 Å². The van der Waals surface area contributed by atoms with Crippen molar-refractivity contribution in [2.24, 2.45) is 47.3 Å². The third-order valence-corrected chi connectivity index (χ3v) is 15.5. The van der Waals surface area contributed by atoms with Crippen molar-refractivity contribution in [3.8, 4) is 0 Å². The molecule has 28 heteroatoms. The summed E-state index contributed by atoms with van der Waals surface area (Å²) in [5.41, 5.74) is -2.28. The summed E-state index contributed by atoms with van der Waals surface area (Å²) in [5, 5.41) is 0. The van der Waals surface area contributed by atoms with Gasteiger partial charge in [0.2, 0.25) is 23.6 Å². The third kappa shape index (κ3) is 17.6. The molecule has 28 nitrogen and oxygen atoms in total. The lowest BCUT2D eigenvalue weighted by Gasteiger charge is -2.28. The molecule has 4 saturated heterocycles. The number of hydrogen-bond acceptors (Lipinski definition) is 24. The molecule has 0 spiro atoms. The zero-order valence-electron chi connectivity index (χ0n) is 52.8. The van der Waals surface area contributed by atoms with Gasteiger partial charge in [-0.25, -0.2) is 0 Å². The van der Waals surface area contributed by atoms with Gasteiger partial charge in [-0.3, -0.25) is 77.1 Å². The summed E-state index contributed by atoms with van der Waals surface area (Å²) in [5.74, 6) is -6.28. The Morgan fingerprint density at radius 1 is 0.424 bits per heavy atom. The Kier molecular flexibility index (Phi) is 25.4. The van der Waals surface area contributed by atoms with Crippen molar-refractivity contribution in [2.75, 3.05) is 92.2 Å². The molecule has 2 aromatic heterocycles. The van der Waals surface area contributed by atoms with Gasteiger partial charge in [-0.1, -0.05) is 67.5 Å². The fourth-order valence-electron chi connectivity index (χ4n) is 10.6. The number of fused-ring (bicyclic) bond motifs is 10. The van der Waals surface area contributed by atoms with Crippen molar-refractivity contribution in [1.29, 1.82) is 0 Å². The van der Waals surface area contributed by atoms with E-state index in [1.807, 2.05) is 0 Å². The van der Waals surface area contributed by atoms with E-state index in [1.165, 1.54) is 34.1 Å². The predicted molar refractivity (Wildman–Crippen MR) is 314 cm³/mol. The van der Waals surface area contributed by atoms with E-state index in [1.54, 1.807) is 116 Å². The van der Waals surface area contributed by atoms with Gasteiger partial charge in [0.15, 0.2) is 0 Å². The summed E-state index contributed by atoms with van der Waals surface area (Å²) < 4.78 is 64.2. The SMILES string of the molecule is CC(C)C(=O)OCC12C=CC(O1)C1C(=O)N(CCOCCOCCN3C(=O)C4C5C=CC(COC(=O)C(C)C)(O5)C4C3=O)C(=O)C12.CC(C)C(=O)OCc1ccco1.CC(C)C(=O)OCc1ccco1.O=C1C=CC(=O)N1CCOCCOCCN1C(=O)C=CC1=O. The standard InChI is InChI=1S/C32H40N2O12.C14H16N2O6.2C9H12O3/c1-17(2)29(39)43-15-31-7-5-19(45-31)21-23(31)27(37)33(25(21)35)9-11-41-13-14-42-12-10-34-26(36)22-20-6-8-32(46-20,24(22)28(34)38)16-44-30(40)18(3)4;17-11-1-2-12(18)15(11)5-7-21-9-10-22-8-6-16-13(19)3-4-14(16)20;2*1-7(2)9(10)12-6-8-4-3-5-11-8/h5-8,17-24H,9-16H2,1-4H3;1-4H,5-10H2;2*3-5,7H,6H2,1-2H3. The van der Waals surface area contributed by atoms with E-state index >= 15 is 0 Å². The molecule has 4 fully saturated rings. The minimum Gasteiger partial charge on any atom is -0.466 e. The summed E-state index contributed by atoms with van der Waals surface area (Å²) in [4.78, 5) is 148. The number of likely N-dealkylation sites (tertiary alicyclic amines) is 2. The molecule has 92 heavy (non-hydrogen) atoms. The molecule has 8 atom stereocenters. The molecule has 4 bridgehead atoms. The number of nitrogens with zero attached hydrogens (tertiary/aromatic N) is 4. The van der Waals surface area contributed by atoms with Crippen LogP contribution in [-0.2, 0) is 118 Å². The quantitative estimate of drug-likeness (QED) is 0.0357. The van der Waals surface area contributed by atoms with Crippen LogP contribution >= 0.6 is 0 Å². The van der Waals surface area contributed by atoms with Crippen LogP contribution in [0.25, 0.3) is 0 Å². The smallest absolute Gasteiger partial charge is 0.308 e. The maximum absolute atomic E-state index is 13.3. The van der Waals surface area contributed by atoms with Gasteiger partial charge >= 0.3 is 23.9 Å². The van der Waals surface area contributed by atoms with Crippen LogP contribution in [0.2, 0.25) is 0 Å². The van der Waals surface area contributed by atoms with E-state index in [0.29, 0.717) is 24.7 Å². The molecule has 0 radical (unpaired) electrons. The van der Waals surface area contributed by atoms with Crippen LogP contribution in [-0.4, -0.2) is 206 Å². The van der Waals surface area contributed by atoms with Gasteiger partial charge in [0.05, 0.1) is 151 Å². The predicted octanol–water partition coefficient (Wildman–Crippen LogP) is 2.86. The third-order valence-electron chi connectivity index (χ3n) is 15.5. The van der Waals surface area contributed by atoms with E-state index in [2.05, 4.69) is 0 Å². The number of furan rings is 2. The molecular formula is C64H80N4O24. The summed E-state index contributed by atoms with van der Waals surface area (Å²) in [6, 6.07) is 7.07. The van der Waals surface area contributed by atoms with Crippen LogP contribution in [0.4, 0.5) is 0 Å². The van der Waals surface area contributed by atoms with Crippen molar-refractivity contribution in [1.82, 2.24) is 19.6 Å². The molecule has 8 aliphatic heterocycles. The highest BCUT2D eigenvalue weighted by Crippen LogP contribution is 2.53. The second kappa shape index (κ2) is 32.8. The molecule has 0 N–H and O–H groups in total. The largest absolute Gasteiger partial charge is 0.466 e. The van der Waals surface area contributed by atoms with Crippen LogP contribution in [0.3, 0.4) is 0 Å². The van der Waals surface area contributed by atoms with Gasteiger partial charge in [0, 0.05) is 24.3 Å². The highest BCUT2D eigenvalue weighted by molar-refractivity contribution is 6.13. The first-order valence-corrected chi connectivity index (χ1v) is 30.4. The topological polar surface area (TPSA) is 336 Å². The van der Waals surface area contributed by atoms with Gasteiger partial charge in [-0.15, -0.1) is 0 Å². The molecule has 8 unspecified atom stereocenters.